The molecule has 10 N–H and O–H groups in total. The van der Waals surface area contributed by atoms with E-state index in [0.717, 1.165) is 19.3 Å². The van der Waals surface area contributed by atoms with Gasteiger partial charge in [-0.25, -0.2) is 0 Å². The highest BCUT2D eigenvalue weighted by molar-refractivity contribution is 5.47. The minimum Gasteiger partial charge on any atom is -0.396 e. The zero-order valence-corrected chi connectivity index (χ0v) is 20.1. The smallest absolute Gasteiger partial charge is 0.266 e. The average Bonchev–Trinajstić information content (AvgIpc) is 2.84. The molecule has 2 rings (SSSR count). The normalized spacial score (nSPS) is 37.2. The Balaban J connectivity index is 2.14. The van der Waals surface area contributed by atoms with E-state index in [1.807, 2.05) is 5.87 Å². The number of aliphatic hydroxyl groups is 7. The maximum absolute atomic E-state index is 10.8. The third kappa shape index (κ3) is 7.85. The molecule has 1 saturated heterocycles. The number of unbranched alkanes of at least 4 members (excludes halogenated alkanes) is 3. The van der Waals surface area contributed by atoms with Crippen LogP contribution in [0.5, 0.6) is 0 Å². The van der Waals surface area contributed by atoms with Crippen LogP contribution in [0.1, 0.15) is 32.1 Å². The molecule has 10 atom stereocenters. The predicted octanol–water partition coefficient (Wildman–Crippen LogP) is -2.53. The highest BCUT2D eigenvalue weighted by Gasteiger charge is 2.52. The molecule has 1 saturated carbocycles. The summed E-state index contributed by atoms with van der Waals surface area (Å²) in [6.07, 6.45) is -8.17. The van der Waals surface area contributed by atoms with E-state index in [2.05, 4.69) is 6.58 Å². The van der Waals surface area contributed by atoms with E-state index < -0.39 is 74.1 Å². The lowest BCUT2D eigenvalue weighted by Gasteiger charge is -2.47. The molecule has 1 aliphatic heterocycles. The molecule has 13 nitrogen and oxygen atoms in total. The quantitative estimate of drug-likeness (QED) is 0.0500. The Labute approximate surface area is 209 Å². The van der Waals surface area contributed by atoms with Gasteiger partial charge in [0.2, 0.25) is 0 Å². The molecule has 10 unspecified atom stereocenters. The van der Waals surface area contributed by atoms with Crippen LogP contribution in [-0.2, 0) is 18.9 Å². The number of aliphatic hydroxyl groups excluding tert-OH is 6. The van der Waals surface area contributed by atoms with E-state index in [4.69, 9.17) is 30.1 Å². The number of hydrogen-bond donors (Lipinski definition) is 9. The van der Waals surface area contributed by atoms with Crippen LogP contribution in [-0.4, -0.2) is 123 Å². The van der Waals surface area contributed by atoms with Gasteiger partial charge in [-0.1, -0.05) is 19.4 Å². The van der Waals surface area contributed by atoms with Gasteiger partial charge in [0.15, 0.2) is 6.29 Å². The first-order valence-electron chi connectivity index (χ1n) is 12.1. The van der Waals surface area contributed by atoms with Crippen molar-refractivity contribution in [3.63, 3.8) is 0 Å². The first kappa shape index (κ1) is 30.9. The van der Waals surface area contributed by atoms with Gasteiger partial charge < -0.3 is 60.4 Å². The minimum absolute atomic E-state index is 0.0498. The number of ether oxygens (including phenoxy) is 4. The van der Waals surface area contributed by atoms with Crippen molar-refractivity contribution in [1.82, 2.24) is 0 Å². The SMILES string of the molecule is C=C1C(CO)C(OC2OC(CC=C=N)C(O)C(OC(O)O)C2O)C(O)C(O)C1OCCCCCCN. The van der Waals surface area contributed by atoms with Gasteiger partial charge in [-0.05, 0) is 36.9 Å². The zero-order chi connectivity index (χ0) is 26.8. The number of nitrogens with one attached hydrogen (secondary N) is 1. The molecule has 0 aromatic rings. The summed E-state index contributed by atoms with van der Waals surface area (Å²) in [6, 6.07) is 0. The molecule has 2 fully saturated rings. The molecule has 0 aromatic heterocycles. The topological polar surface area (TPSA) is 228 Å². The van der Waals surface area contributed by atoms with Crippen molar-refractivity contribution < 1.29 is 54.7 Å². The maximum Gasteiger partial charge on any atom is 0.266 e. The van der Waals surface area contributed by atoms with Crippen molar-refractivity contribution >= 4 is 5.87 Å². The van der Waals surface area contributed by atoms with Gasteiger partial charge in [0.05, 0.1) is 18.8 Å². The standard InChI is InChI=1S/C23H40N2O11/c1-12-13(11-26)20(17(29)16(28)19(12)33-10-5-3-2-4-8-24)35-22-18(30)21(36-23(31)32)15(27)14(34-22)7-6-9-25/h6,13-23,25-32H,1-5,7-8,10-11,24H2. The van der Waals surface area contributed by atoms with E-state index in [1.54, 1.807) is 0 Å². The molecule has 0 radical (unpaired) electrons. The molecule has 0 amide bonds. The van der Waals surface area contributed by atoms with Crippen molar-refractivity contribution in [3.05, 3.63) is 18.2 Å². The molecule has 1 aliphatic carbocycles. The zero-order valence-electron chi connectivity index (χ0n) is 20.1. The summed E-state index contributed by atoms with van der Waals surface area (Å²) in [5, 5.41) is 78.1. The van der Waals surface area contributed by atoms with Crippen molar-refractivity contribution in [2.75, 3.05) is 19.8 Å². The summed E-state index contributed by atoms with van der Waals surface area (Å²) >= 11 is 0. The van der Waals surface area contributed by atoms with Crippen molar-refractivity contribution in [1.29, 1.82) is 5.41 Å². The van der Waals surface area contributed by atoms with Crippen molar-refractivity contribution in [3.8, 4) is 0 Å². The monoisotopic (exact) mass is 520 g/mol. The Morgan fingerprint density at radius 1 is 1.03 bits per heavy atom. The summed E-state index contributed by atoms with van der Waals surface area (Å²) in [5.41, 5.74) is 5.76. The molecule has 1 heterocycles. The summed E-state index contributed by atoms with van der Waals surface area (Å²) < 4.78 is 22.0. The first-order valence-corrected chi connectivity index (χ1v) is 12.1. The van der Waals surface area contributed by atoms with Crippen LogP contribution in [0.15, 0.2) is 18.2 Å². The second-order valence-electron chi connectivity index (χ2n) is 8.98. The third-order valence-corrected chi connectivity index (χ3v) is 6.49. The van der Waals surface area contributed by atoms with Crippen molar-refractivity contribution in [2.24, 2.45) is 11.7 Å². The van der Waals surface area contributed by atoms with Crippen LogP contribution in [0.3, 0.4) is 0 Å². The average molecular weight is 521 g/mol. The molecular weight excluding hydrogens is 480 g/mol. The molecule has 36 heavy (non-hydrogen) atoms. The van der Waals surface area contributed by atoms with Gasteiger partial charge in [0.25, 0.3) is 6.48 Å². The van der Waals surface area contributed by atoms with Gasteiger partial charge in [0.1, 0.15) is 36.6 Å². The lowest BCUT2D eigenvalue weighted by molar-refractivity contribution is -0.359. The van der Waals surface area contributed by atoms with E-state index in [9.17, 15) is 35.7 Å². The van der Waals surface area contributed by atoms with Gasteiger partial charge >= 0.3 is 0 Å². The summed E-state index contributed by atoms with van der Waals surface area (Å²) in [4.78, 5) is 0. The fourth-order valence-corrected chi connectivity index (χ4v) is 4.51. The van der Waals surface area contributed by atoms with Gasteiger partial charge in [-0.15, -0.1) is 0 Å². The molecule has 13 heteroatoms. The Morgan fingerprint density at radius 3 is 2.33 bits per heavy atom. The lowest BCUT2D eigenvalue weighted by Crippen LogP contribution is -2.63. The van der Waals surface area contributed by atoms with Crippen LogP contribution >= 0.6 is 0 Å². The second-order valence-corrected chi connectivity index (χ2v) is 8.98. The summed E-state index contributed by atoms with van der Waals surface area (Å²) in [5.74, 6) is 1.12. The number of hydrogen-bond acceptors (Lipinski definition) is 13. The largest absolute Gasteiger partial charge is 0.396 e. The fourth-order valence-electron chi connectivity index (χ4n) is 4.51. The highest BCUT2D eigenvalue weighted by atomic mass is 16.8. The number of nitrogens with two attached hydrogens (primary N) is 1. The highest BCUT2D eigenvalue weighted by Crippen LogP contribution is 2.36. The Bertz CT molecular complexity index is 720. The molecule has 0 aromatic carbocycles. The molecule has 0 bridgehead atoms. The van der Waals surface area contributed by atoms with Gasteiger partial charge in [-0.2, -0.15) is 0 Å². The van der Waals surface area contributed by atoms with E-state index >= 15 is 0 Å². The molecule has 208 valence electrons. The van der Waals surface area contributed by atoms with Gasteiger partial charge in [-0.3, -0.25) is 5.41 Å². The fraction of sp³-hybridized carbons (Fsp3) is 0.826. The molecule has 0 spiro atoms. The summed E-state index contributed by atoms with van der Waals surface area (Å²) in [7, 11) is 0. The van der Waals surface area contributed by atoms with Crippen LogP contribution in [0.2, 0.25) is 0 Å². The summed E-state index contributed by atoms with van der Waals surface area (Å²) in [6.45, 7) is 1.99. The van der Waals surface area contributed by atoms with Gasteiger partial charge in [0, 0.05) is 18.9 Å². The van der Waals surface area contributed by atoms with Crippen LogP contribution in [0.25, 0.3) is 0 Å². The maximum atomic E-state index is 10.8. The lowest BCUT2D eigenvalue weighted by atomic mass is 9.77. The third-order valence-electron chi connectivity index (χ3n) is 6.49. The van der Waals surface area contributed by atoms with Crippen molar-refractivity contribution in [2.45, 2.75) is 93.7 Å². The Morgan fingerprint density at radius 2 is 1.72 bits per heavy atom. The van der Waals surface area contributed by atoms with Crippen LogP contribution in [0.4, 0.5) is 0 Å². The predicted molar refractivity (Wildman–Crippen MR) is 125 cm³/mol. The van der Waals surface area contributed by atoms with Crippen LogP contribution in [0, 0.1) is 11.3 Å². The Kier molecular flexibility index (Phi) is 13.1. The van der Waals surface area contributed by atoms with E-state index in [-0.39, 0.29) is 12.0 Å². The van der Waals surface area contributed by atoms with E-state index in [0.29, 0.717) is 19.6 Å². The minimum atomic E-state index is -2.32. The van der Waals surface area contributed by atoms with E-state index in [1.165, 1.54) is 6.08 Å². The number of rotatable bonds is 14. The Hall–Kier alpha value is -1.29. The molecule has 2 aliphatic rings. The van der Waals surface area contributed by atoms with Crippen LogP contribution < -0.4 is 5.73 Å². The second kappa shape index (κ2) is 15.2. The first-order chi connectivity index (χ1) is 17.2. The molecular formula is C23H40N2O11.